The number of carbonyl (C=O) groups is 1. The van der Waals surface area contributed by atoms with Crippen molar-refractivity contribution in [2.24, 2.45) is 0 Å². The molecule has 3 rings (SSSR count). The minimum absolute atomic E-state index is 0.519. The topological polar surface area (TPSA) is 52.6 Å². The van der Waals surface area contributed by atoms with Crippen LogP contribution in [0.2, 0.25) is 0 Å². The van der Waals surface area contributed by atoms with E-state index in [1.807, 2.05) is 0 Å². The van der Waals surface area contributed by atoms with Crippen molar-refractivity contribution >= 4 is 5.97 Å². The zero-order chi connectivity index (χ0) is 19.2. The van der Waals surface area contributed by atoms with Crippen LogP contribution in [-0.4, -0.2) is 41.1 Å². The predicted molar refractivity (Wildman–Crippen MR) is 93.8 cm³/mol. The molecule has 0 unspecified atom stereocenters. The quantitative estimate of drug-likeness (QED) is 0.842. The lowest BCUT2D eigenvalue weighted by Gasteiger charge is -2.34. The van der Waals surface area contributed by atoms with E-state index in [0.29, 0.717) is 12.1 Å². The first kappa shape index (κ1) is 20.7. The molecule has 1 aromatic rings. The highest BCUT2D eigenvalue weighted by Gasteiger charge is 2.32. The average molecular weight is 372 g/mol. The Bertz CT molecular complexity index is 543. The van der Waals surface area contributed by atoms with Crippen molar-refractivity contribution in [1.29, 1.82) is 0 Å². The molecule has 1 heterocycles. The summed E-state index contributed by atoms with van der Waals surface area (Å²) in [7, 11) is 0. The van der Waals surface area contributed by atoms with Crippen molar-refractivity contribution in [2.75, 3.05) is 13.1 Å². The monoisotopic (exact) mass is 372 g/mol. The van der Waals surface area contributed by atoms with Gasteiger partial charge in [-0.05, 0) is 43.5 Å². The van der Waals surface area contributed by atoms with E-state index < -0.39 is 17.7 Å². The molecule has 1 aliphatic carbocycles. The van der Waals surface area contributed by atoms with Crippen molar-refractivity contribution in [3.05, 3.63) is 35.4 Å². The van der Waals surface area contributed by atoms with Crippen LogP contribution in [0.1, 0.15) is 50.2 Å². The summed E-state index contributed by atoms with van der Waals surface area (Å²) >= 11 is 0. The van der Waals surface area contributed by atoms with Crippen LogP contribution in [0, 0.1) is 0 Å². The van der Waals surface area contributed by atoms with Gasteiger partial charge in [-0.15, -0.1) is 0 Å². The van der Waals surface area contributed by atoms with Gasteiger partial charge in [0, 0.05) is 32.1 Å². The van der Waals surface area contributed by atoms with E-state index in [2.05, 4.69) is 10.2 Å². The van der Waals surface area contributed by atoms with E-state index in [9.17, 15) is 13.2 Å². The number of hydrogen-bond donors (Lipinski definition) is 2. The average Bonchev–Trinajstić information content (AvgIpc) is 3.25. The Hall–Kier alpha value is -1.60. The lowest BCUT2D eigenvalue weighted by molar-refractivity contribution is -0.137. The molecule has 0 radical (unpaired) electrons. The molecular formula is C19H27F3N2O2. The Kier molecular flexibility index (Phi) is 7.46. The van der Waals surface area contributed by atoms with Gasteiger partial charge in [0.05, 0.1) is 5.56 Å². The summed E-state index contributed by atoms with van der Waals surface area (Å²) in [5.41, 5.74) is 0.415. The minimum Gasteiger partial charge on any atom is -0.481 e. The van der Waals surface area contributed by atoms with E-state index in [-0.39, 0.29) is 0 Å². The van der Waals surface area contributed by atoms with Crippen LogP contribution < -0.4 is 5.32 Å². The van der Waals surface area contributed by atoms with Crippen LogP contribution in [0.4, 0.5) is 13.2 Å². The number of alkyl halides is 3. The van der Waals surface area contributed by atoms with Crippen LogP contribution in [0.15, 0.2) is 24.3 Å². The standard InChI is InChI=1S/C17H23F3N2.C2H4O2/c18-17(19,20)14-7-5-13(6-8-14)12-22(15-3-1-2-4-15)16-9-10-21-11-16;1-2(3)4/h5-8,15-16,21H,1-4,9-12H2;1H3,(H,3,4)/t16-;/m0./s1. The summed E-state index contributed by atoms with van der Waals surface area (Å²) in [6, 6.07) is 6.78. The Labute approximate surface area is 152 Å². The number of nitrogens with one attached hydrogen (secondary N) is 1. The van der Waals surface area contributed by atoms with Crippen LogP contribution in [0.5, 0.6) is 0 Å². The lowest BCUT2D eigenvalue weighted by atomic mass is 10.1. The van der Waals surface area contributed by atoms with Crippen LogP contribution in [0.25, 0.3) is 0 Å². The molecule has 1 saturated heterocycles. The molecular weight excluding hydrogens is 345 g/mol. The molecule has 2 fully saturated rings. The highest BCUT2D eigenvalue weighted by Crippen LogP contribution is 2.31. The number of halogens is 3. The second kappa shape index (κ2) is 9.37. The van der Waals surface area contributed by atoms with Gasteiger partial charge in [-0.3, -0.25) is 9.69 Å². The number of benzene rings is 1. The summed E-state index contributed by atoms with van der Waals surface area (Å²) in [6.07, 6.45) is 1.87. The smallest absolute Gasteiger partial charge is 0.416 e. The molecule has 7 heteroatoms. The Morgan fingerprint density at radius 3 is 2.19 bits per heavy atom. The van der Waals surface area contributed by atoms with Gasteiger partial charge in [0.2, 0.25) is 0 Å². The van der Waals surface area contributed by atoms with Crippen LogP contribution in [-0.2, 0) is 17.5 Å². The van der Waals surface area contributed by atoms with Gasteiger partial charge in [-0.25, -0.2) is 0 Å². The van der Waals surface area contributed by atoms with E-state index in [0.717, 1.165) is 38.5 Å². The fraction of sp³-hybridized carbons (Fsp3) is 0.632. The second-order valence-electron chi connectivity index (χ2n) is 6.97. The maximum absolute atomic E-state index is 12.7. The molecule has 146 valence electrons. The maximum atomic E-state index is 12.7. The fourth-order valence-electron chi connectivity index (χ4n) is 3.72. The number of aliphatic carboxylic acids is 1. The lowest BCUT2D eigenvalue weighted by Crippen LogP contribution is -2.42. The molecule has 0 bridgehead atoms. The van der Waals surface area contributed by atoms with Crippen molar-refractivity contribution in [3.63, 3.8) is 0 Å². The molecule has 0 aromatic heterocycles. The van der Waals surface area contributed by atoms with Crippen LogP contribution >= 0.6 is 0 Å². The Morgan fingerprint density at radius 1 is 1.15 bits per heavy atom. The molecule has 0 amide bonds. The van der Waals surface area contributed by atoms with Gasteiger partial charge in [0.1, 0.15) is 0 Å². The first-order valence-electron chi connectivity index (χ1n) is 9.09. The summed E-state index contributed by atoms with van der Waals surface area (Å²) in [5, 5.41) is 10.8. The molecule has 1 atom stereocenters. The third-order valence-corrected chi connectivity index (χ3v) is 4.94. The molecule has 26 heavy (non-hydrogen) atoms. The van der Waals surface area contributed by atoms with Gasteiger partial charge in [0.25, 0.3) is 5.97 Å². The largest absolute Gasteiger partial charge is 0.481 e. The molecule has 4 nitrogen and oxygen atoms in total. The van der Waals surface area contributed by atoms with Crippen molar-refractivity contribution in [1.82, 2.24) is 10.2 Å². The summed E-state index contributed by atoms with van der Waals surface area (Å²) in [5.74, 6) is -0.833. The predicted octanol–water partition coefficient (Wildman–Crippen LogP) is 3.90. The SMILES string of the molecule is CC(=O)O.FC(F)(F)c1ccc(CN(C2CCCC2)[C@H]2CCNC2)cc1. The highest BCUT2D eigenvalue weighted by molar-refractivity contribution is 5.62. The number of carboxylic acids is 1. The molecule has 2 aliphatic rings. The van der Waals surface area contributed by atoms with E-state index in [4.69, 9.17) is 9.90 Å². The summed E-state index contributed by atoms with van der Waals surface area (Å²) in [6.45, 7) is 3.88. The van der Waals surface area contributed by atoms with Gasteiger partial charge in [-0.2, -0.15) is 13.2 Å². The zero-order valence-corrected chi connectivity index (χ0v) is 15.1. The van der Waals surface area contributed by atoms with Gasteiger partial charge < -0.3 is 10.4 Å². The van der Waals surface area contributed by atoms with E-state index in [1.54, 1.807) is 12.1 Å². The highest BCUT2D eigenvalue weighted by atomic mass is 19.4. The molecule has 1 aliphatic heterocycles. The van der Waals surface area contributed by atoms with Gasteiger partial charge in [0.15, 0.2) is 0 Å². The third-order valence-electron chi connectivity index (χ3n) is 4.94. The van der Waals surface area contributed by atoms with Crippen molar-refractivity contribution in [2.45, 2.75) is 63.8 Å². The molecule has 1 aromatic carbocycles. The van der Waals surface area contributed by atoms with Gasteiger partial charge in [-0.1, -0.05) is 25.0 Å². The number of nitrogens with zero attached hydrogens (tertiary/aromatic N) is 1. The fourth-order valence-corrected chi connectivity index (χ4v) is 3.72. The van der Waals surface area contributed by atoms with E-state index >= 15 is 0 Å². The first-order chi connectivity index (χ1) is 12.3. The minimum atomic E-state index is -4.25. The molecule has 2 N–H and O–H groups in total. The molecule has 1 saturated carbocycles. The van der Waals surface area contributed by atoms with Crippen molar-refractivity contribution in [3.8, 4) is 0 Å². The maximum Gasteiger partial charge on any atom is 0.416 e. The summed E-state index contributed by atoms with van der Waals surface area (Å²) < 4.78 is 38.0. The third kappa shape index (κ3) is 6.29. The van der Waals surface area contributed by atoms with Crippen molar-refractivity contribution < 1.29 is 23.1 Å². The van der Waals surface area contributed by atoms with Crippen LogP contribution in [0.3, 0.4) is 0 Å². The number of hydrogen-bond acceptors (Lipinski definition) is 3. The van der Waals surface area contributed by atoms with E-state index in [1.165, 1.54) is 37.8 Å². The van der Waals surface area contributed by atoms with Gasteiger partial charge >= 0.3 is 6.18 Å². The zero-order valence-electron chi connectivity index (χ0n) is 15.1. The number of carboxylic acid groups (broad SMARTS) is 1. The first-order valence-corrected chi connectivity index (χ1v) is 9.09. The second-order valence-corrected chi connectivity index (χ2v) is 6.97. The molecule has 0 spiro atoms. The summed E-state index contributed by atoms with van der Waals surface area (Å²) in [4.78, 5) is 11.5. The number of rotatable bonds is 4. The normalized spacial score (nSPS) is 20.9. The Balaban J connectivity index is 0.000000552. The Morgan fingerprint density at radius 2 is 1.73 bits per heavy atom.